The minimum Gasteiger partial charge on any atom is -0.493 e. The van der Waals surface area contributed by atoms with E-state index < -0.39 is 0 Å². The molecule has 1 unspecified atom stereocenters. The lowest BCUT2D eigenvalue weighted by atomic mass is 10.1. The third-order valence-corrected chi connectivity index (χ3v) is 4.18. The van der Waals surface area contributed by atoms with Crippen molar-refractivity contribution in [3.05, 3.63) is 22.2 Å². The summed E-state index contributed by atoms with van der Waals surface area (Å²) < 4.78 is 16.8. The zero-order valence-corrected chi connectivity index (χ0v) is 14.0. The Morgan fingerprint density at radius 1 is 1.29 bits per heavy atom. The number of nitrogens with zero attached hydrogens (tertiary/aromatic N) is 2. The lowest BCUT2D eigenvalue weighted by molar-refractivity contribution is 0.166. The molecular weight excluding hydrogens is 338 g/mol. The highest BCUT2D eigenvalue weighted by Crippen LogP contribution is 2.38. The standard InChI is InChI=1S/C14H20BrN3O3/c1-19-5-4-18-11(8-17-14(18)16)9-6-12(20-2)13(21-3)7-10(9)15/h6-7,11H,4-5,8H2,1-3H3,(H2,16,17). The van der Waals surface area contributed by atoms with Crippen molar-refractivity contribution >= 4 is 21.9 Å². The summed E-state index contributed by atoms with van der Waals surface area (Å²) in [5.41, 5.74) is 7.04. The van der Waals surface area contributed by atoms with Gasteiger partial charge in [0.25, 0.3) is 0 Å². The van der Waals surface area contributed by atoms with Crippen molar-refractivity contribution in [1.82, 2.24) is 4.90 Å². The van der Waals surface area contributed by atoms with Gasteiger partial charge in [-0.15, -0.1) is 0 Å². The molecule has 0 bridgehead atoms. The van der Waals surface area contributed by atoms with E-state index in [-0.39, 0.29) is 6.04 Å². The maximum atomic E-state index is 5.97. The lowest BCUT2D eigenvalue weighted by Gasteiger charge is -2.27. The number of hydrogen-bond donors (Lipinski definition) is 1. The Balaban J connectivity index is 2.32. The zero-order valence-electron chi connectivity index (χ0n) is 12.4. The van der Waals surface area contributed by atoms with Crippen molar-refractivity contribution in [2.45, 2.75) is 6.04 Å². The predicted octanol–water partition coefficient (Wildman–Crippen LogP) is 1.78. The van der Waals surface area contributed by atoms with Gasteiger partial charge in [0.2, 0.25) is 0 Å². The summed E-state index contributed by atoms with van der Waals surface area (Å²) in [4.78, 5) is 6.38. The molecule has 0 saturated carbocycles. The third kappa shape index (κ3) is 3.24. The SMILES string of the molecule is COCCN1C(N)=NCC1c1cc(OC)c(OC)cc1Br. The smallest absolute Gasteiger partial charge is 0.192 e. The summed E-state index contributed by atoms with van der Waals surface area (Å²) in [7, 11) is 4.91. The van der Waals surface area contributed by atoms with Crippen molar-refractivity contribution in [2.24, 2.45) is 10.7 Å². The van der Waals surface area contributed by atoms with Crippen LogP contribution in [0.3, 0.4) is 0 Å². The molecule has 0 aliphatic carbocycles. The van der Waals surface area contributed by atoms with Gasteiger partial charge in [-0.25, -0.2) is 0 Å². The van der Waals surface area contributed by atoms with E-state index in [9.17, 15) is 0 Å². The summed E-state index contributed by atoms with van der Waals surface area (Å²) in [5, 5.41) is 0. The second-order valence-electron chi connectivity index (χ2n) is 4.63. The quantitative estimate of drug-likeness (QED) is 0.840. The summed E-state index contributed by atoms with van der Waals surface area (Å²) in [6.07, 6.45) is 0. The molecule has 0 fully saturated rings. The highest BCUT2D eigenvalue weighted by molar-refractivity contribution is 9.10. The molecule has 2 N–H and O–H groups in total. The molecule has 6 nitrogen and oxygen atoms in total. The molecule has 0 radical (unpaired) electrons. The molecule has 1 aliphatic rings. The van der Waals surface area contributed by atoms with Crippen LogP contribution in [0.4, 0.5) is 0 Å². The fourth-order valence-electron chi connectivity index (χ4n) is 2.38. The van der Waals surface area contributed by atoms with Crippen LogP contribution in [0.25, 0.3) is 0 Å². The van der Waals surface area contributed by atoms with Crippen LogP contribution in [0.5, 0.6) is 11.5 Å². The number of ether oxygens (including phenoxy) is 3. The van der Waals surface area contributed by atoms with E-state index in [4.69, 9.17) is 19.9 Å². The van der Waals surface area contributed by atoms with Crippen molar-refractivity contribution in [1.29, 1.82) is 0 Å². The predicted molar refractivity (Wildman–Crippen MR) is 85.1 cm³/mol. The van der Waals surface area contributed by atoms with Crippen molar-refractivity contribution in [3.8, 4) is 11.5 Å². The molecule has 116 valence electrons. The number of benzene rings is 1. The maximum absolute atomic E-state index is 5.97. The van der Waals surface area contributed by atoms with Crippen LogP contribution < -0.4 is 15.2 Å². The van der Waals surface area contributed by atoms with Gasteiger partial charge in [0.1, 0.15) is 0 Å². The molecule has 0 spiro atoms. The highest BCUT2D eigenvalue weighted by atomic mass is 79.9. The Hall–Kier alpha value is -1.47. The largest absolute Gasteiger partial charge is 0.493 e. The van der Waals surface area contributed by atoms with Gasteiger partial charge in [0.15, 0.2) is 17.5 Å². The monoisotopic (exact) mass is 357 g/mol. The topological polar surface area (TPSA) is 69.3 Å². The molecule has 2 rings (SSSR count). The number of nitrogens with two attached hydrogens (primary N) is 1. The molecule has 1 aromatic rings. The molecule has 0 amide bonds. The molecule has 1 heterocycles. The Morgan fingerprint density at radius 3 is 2.57 bits per heavy atom. The fourth-order valence-corrected chi connectivity index (χ4v) is 2.97. The van der Waals surface area contributed by atoms with E-state index in [0.717, 1.165) is 10.0 Å². The van der Waals surface area contributed by atoms with Gasteiger partial charge in [-0.2, -0.15) is 0 Å². The van der Waals surface area contributed by atoms with Gasteiger partial charge in [-0.05, 0) is 17.7 Å². The normalized spacial score (nSPS) is 17.8. The van der Waals surface area contributed by atoms with Crippen molar-refractivity contribution in [2.75, 3.05) is 41.0 Å². The maximum Gasteiger partial charge on any atom is 0.192 e. The number of rotatable bonds is 6. The number of halogens is 1. The summed E-state index contributed by atoms with van der Waals surface area (Å²) in [6, 6.07) is 3.92. The Labute approximate surface area is 133 Å². The summed E-state index contributed by atoms with van der Waals surface area (Å²) in [5.74, 6) is 1.91. The van der Waals surface area contributed by atoms with Crippen LogP contribution in [0.15, 0.2) is 21.6 Å². The first kappa shape index (κ1) is 15.9. The molecule has 1 aliphatic heterocycles. The second-order valence-corrected chi connectivity index (χ2v) is 5.48. The van der Waals surface area contributed by atoms with Crippen LogP contribution in [0, 0.1) is 0 Å². The molecule has 1 atom stereocenters. The number of aliphatic imine (C=N–C) groups is 1. The van der Waals surface area contributed by atoms with Crippen LogP contribution >= 0.6 is 15.9 Å². The Morgan fingerprint density at radius 2 is 1.95 bits per heavy atom. The number of methoxy groups -OCH3 is 3. The first-order valence-electron chi connectivity index (χ1n) is 6.59. The number of hydrogen-bond acceptors (Lipinski definition) is 6. The van der Waals surface area contributed by atoms with E-state index in [1.165, 1.54) is 0 Å². The van der Waals surface area contributed by atoms with Crippen LogP contribution in [-0.4, -0.2) is 51.9 Å². The molecule has 1 aromatic carbocycles. The first-order chi connectivity index (χ1) is 10.1. The van der Waals surface area contributed by atoms with Crippen LogP contribution in [0.1, 0.15) is 11.6 Å². The molecule has 0 aromatic heterocycles. The average Bonchev–Trinajstić information content (AvgIpc) is 2.85. The molecular formula is C14H20BrN3O3. The van der Waals surface area contributed by atoms with Gasteiger partial charge in [-0.1, -0.05) is 15.9 Å². The molecule has 0 saturated heterocycles. The Kier molecular flexibility index (Phi) is 5.30. The fraction of sp³-hybridized carbons (Fsp3) is 0.500. The van der Waals surface area contributed by atoms with Crippen LogP contribution in [-0.2, 0) is 4.74 Å². The van der Waals surface area contributed by atoms with Gasteiger partial charge in [0.05, 0.1) is 33.4 Å². The minimum absolute atomic E-state index is 0.0642. The van der Waals surface area contributed by atoms with Crippen molar-refractivity contribution in [3.63, 3.8) is 0 Å². The molecule has 7 heteroatoms. The average molecular weight is 358 g/mol. The highest BCUT2D eigenvalue weighted by Gasteiger charge is 2.29. The van der Waals surface area contributed by atoms with Crippen molar-refractivity contribution < 1.29 is 14.2 Å². The minimum atomic E-state index is 0.0642. The van der Waals surface area contributed by atoms with Crippen LogP contribution in [0.2, 0.25) is 0 Å². The van der Waals surface area contributed by atoms with E-state index in [1.807, 2.05) is 17.0 Å². The summed E-state index contributed by atoms with van der Waals surface area (Å²) >= 11 is 3.59. The zero-order chi connectivity index (χ0) is 15.4. The van der Waals surface area contributed by atoms with Gasteiger partial charge < -0.3 is 24.8 Å². The molecule has 21 heavy (non-hydrogen) atoms. The van der Waals surface area contributed by atoms with E-state index in [0.29, 0.717) is 37.2 Å². The van der Waals surface area contributed by atoms with Gasteiger partial charge in [0, 0.05) is 18.1 Å². The van der Waals surface area contributed by atoms with E-state index >= 15 is 0 Å². The third-order valence-electron chi connectivity index (χ3n) is 3.49. The lowest BCUT2D eigenvalue weighted by Crippen LogP contribution is -2.38. The van der Waals surface area contributed by atoms with E-state index in [2.05, 4.69) is 20.9 Å². The second kappa shape index (κ2) is 7.00. The summed E-state index contributed by atoms with van der Waals surface area (Å²) in [6.45, 7) is 1.90. The van der Waals surface area contributed by atoms with E-state index in [1.54, 1.807) is 21.3 Å². The van der Waals surface area contributed by atoms with Gasteiger partial charge >= 0.3 is 0 Å². The van der Waals surface area contributed by atoms with Gasteiger partial charge in [-0.3, -0.25) is 4.99 Å². The first-order valence-corrected chi connectivity index (χ1v) is 7.38. The Bertz CT molecular complexity index is 536. The number of guanidine groups is 1.